The number of carbonyl (C=O) groups is 2. The second-order valence-electron chi connectivity index (χ2n) is 4.76. The van der Waals surface area contributed by atoms with E-state index in [9.17, 15) is 9.59 Å². The fourth-order valence-electron chi connectivity index (χ4n) is 1.44. The van der Waals surface area contributed by atoms with Crippen molar-refractivity contribution in [2.24, 2.45) is 0 Å². The molecule has 1 rings (SSSR count). The molecule has 0 aliphatic rings. The molecule has 0 aliphatic heterocycles. The largest absolute Gasteiger partial charge is 0.484 e. The molecule has 5 nitrogen and oxygen atoms in total. The summed E-state index contributed by atoms with van der Waals surface area (Å²) in [6, 6.07) is 7.54. The molecule has 0 fully saturated rings. The minimum atomic E-state index is -0.315. The van der Waals surface area contributed by atoms with E-state index in [1.807, 2.05) is 32.9 Å². The highest BCUT2D eigenvalue weighted by molar-refractivity contribution is 5.85. The summed E-state index contributed by atoms with van der Waals surface area (Å²) in [4.78, 5) is 23.0. The van der Waals surface area contributed by atoms with Gasteiger partial charge in [-0.2, -0.15) is 0 Å². The highest BCUT2D eigenvalue weighted by atomic mass is 16.5. The fourth-order valence-corrected chi connectivity index (χ4v) is 1.44. The number of benzene rings is 1. The van der Waals surface area contributed by atoms with Crippen molar-refractivity contribution in [3.05, 3.63) is 29.8 Å². The van der Waals surface area contributed by atoms with Gasteiger partial charge in [0.25, 0.3) is 5.91 Å². The summed E-state index contributed by atoms with van der Waals surface area (Å²) in [5.41, 5.74) is 1.13. The molecule has 1 aromatic rings. The first-order chi connectivity index (χ1) is 9.51. The first-order valence-corrected chi connectivity index (χ1v) is 6.76. The molecule has 20 heavy (non-hydrogen) atoms. The monoisotopic (exact) mass is 278 g/mol. The molecule has 0 bridgehead atoms. The number of hydrogen-bond donors (Lipinski definition) is 2. The molecule has 0 saturated carbocycles. The summed E-state index contributed by atoms with van der Waals surface area (Å²) in [6.45, 7) is 5.76. The minimum Gasteiger partial charge on any atom is -0.484 e. The van der Waals surface area contributed by atoms with E-state index in [1.54, 1.807) is 12.1 Å². The van der Waals surface area contributed by atoms with Crippen LogP contribution in [0, 0.1) is 6.92 Å². The zero-order chi connectivity index (χ0) is 15.0. The second kappa shape index (κ2) is 8.19. The molecule has 1 unspecified atom stereocenters. The average molecular weight is 278 g/mol. The third-order valence-corrected chi connectivity index (χ3v) is 2.86. The highest BCUT2D eigenvalue weighted by Crippen LogP contribution is 2.10. The number of hydrogen-bond acceptors (Lipinski definition) is 3. The Balaban J connectivity index is 2.23. The Labute approximate surface area is 119 Å². The van der Waals surface area contributed by atoms with Gasteiger partial charge in [-0.25, -0.2) is 0 Å². The first kappa shape index (κ1) is 16.0. The number of nitrogens with one attached hydrogen (secondary N) is 2. The summed E-state index contributed by atoms with van der Waals surface area (Å²) in [6.07, 6.45) is 0.857. The van der Waals surface area contributed by atoms with Crippen LogP contribution in [0.15, 0.2) is 24.3 Å². The van der Waals surface area contributed by atoms with Gasteiger partial charge in [0.2, 0.25) is 5.91 Å². The molecule has 0 spiro atoms. The lowest BCUT2D eigenvalue weighted by atomic mass is 10.2. The van der Waals surface area contributed by atoms with Gasteiger partial charge in [0.15, 0.2) is 6.61 Å². The maximum Gasteiger partial charge on any atom is 0.258 e. The zero-order valence-corrected chi connectivity index (χ0v) is 12.2. The van der Waals surface area contributed by atoms with Crippen molar-refractivity contribution in [2.75, 3.05) is 13.2 Å². The van der Waals surface area contributed by atoms with Crippen molar-refractivity contribution >= 4 is 11.8 Å². The van der Waals surface area contributed by atoms with E-state index < -0.39 is 0 Å². The van der Waals surface area contributed by atoms with Gasteiger partial charge in [0.1, 0.15) is 5.75 Å². The summed E-state index contributed by atoms with van der Waals surface area (Å²) >= 11 is 0. The van der Waals surface area contributed by atoms with Crippen LogP contribution in [0.2, 0.25) is 0 Å². The van der Waals surface area contributed by atoms with Crippen molar-refractivity contribution in [3.63, 3.8) is 0 Å². The molecule has 110 valence electrons. The molecule has 0 aliphatic carbocycles. The van der Waals surface area contributed by atoms with Gasteiger partial charge in [0, 0.05) is 6.04 Å². The molecular weight excluding hydrogens is 256 g/mol. The van der Waals surface area contributed by atoms with E-state index in [0.29, 0.717) is 5.75 Å². The Hall–Kier alpha value is -2.04. The highest BCUT2D eigenvalue weighted by Gasteiger charge is 2.08. The van der Waals surface area contributed by atoms with Crippen molar-refractivity contribution in [3.8, 4) is 5.75 Å². The molecule has 1 aromatic carbocycles. The Kier molecular flexibility index (Phi) is 6.56. The van der Waals surface area contributed by atoms with E-state index in [0.717, 1.165) is 12.0 Å². The van der Waals surface area contributed by atoms with Crippen molar-refractivity contribution in [1.82, 2.24) is 10.6 Å². The van der Waals surface area contributed by atoms with E-state index in [-0.39, 0.29) is 31.0 Å². The SMILES string of the molecule is CCC(C)NC(=O)CNC(=O)COc1ccc(C)cc1. The maximum atomic E-state index is 11.5. The van der Waals surface area contributed by atoms with Crippen LogP contribution in [0.5, 0.6) is 5.75 Å². The molecule has 0 heterocycles. The van der Waals surface area contributed by atoms with Crippen LogP contribution in [-0.2, 0) is 9.59 Å². The number of ether oxygens (including phenoxy) is 1. The minimum absolute atomic E-state index is 0.0274. The predicted octanol–water partition coefficient (Wildman–Crippen LogP) is 1.40. The van der Waals surface area contributed by atoms with E-state index in [1.165, 1.54) is 0 Å². The average Bonchev–Trinajstić information content (AvgIpc) is 2.44. The summed E-state index contributed by atoms with van der Waals surface area (Å²) in [5.74, 6) is 0.128. The predicted molar refractivity (Wildman–Crippen MR) is 77.6 cm³/mol. The first-order valence-electron chi connectivity index (χ1n) is 6.76. The van der Waals surface area contributed by atoms with Gasteiger partial charge in [-0.05, 0) is 32.4 Å². The van der Waals surface area contributed by atoms with E-state index >= 15 is 0 Å². The van der Waals surface area contributed by atoms with E-state index in [2.05, 4.69) is 10.6 Å². The summed E-state index contributed by atoms with van der Waals surface area (Å²) < 4.78 is 5.31. The smallest absolute Gasteiger partial charge is 0.258 e. The van der Waals surface area contributed by atoms with Crippen LogP contribution in [0.3, 0.4) is 0 Å². The molecular formula is C15H22N2O3. The quantitative estimate of drug-likeness (QED) is 0.792. The Bertz CT molecular complexity index is 443. The van der Waals surface area contributed by atoms with Crippen LogP contribution in [-0.4, -0.2) is 31.0 Å². The lowest BCUT2D eigenvalue weighted by molar-refractivity contribution is -0.127. The number of aryl methyl sites for hydroxylation is 1. The molecule has 2 amide bonds. The molecule has 0 radical (unpaired) electrons. The van der Waals surface area contributed by atoms with Crippen LogP contribution in [0.1, 0.15) is 25.8 Å². The van der Waals surface area contributed by atoms with Gasteiger partial charge in [-0.15, -0.1) is 0 Å². The Morgan fingerprint density at radius 1 is 1.20 bits per heavy atom. The topological polar surface area (TPSA) is 67.4 Å². The Morgan fingerprint density at radius 3 is 2.45 bits per heavy atom. The molecule has 0 aromatic heterocycles. The van der Waals surface area contributed by atoms with Crippen LogP contribution >= 0.6 is 0 Å². The van der Waals surface area contributed by atoms with Crippen LogP contribution < -0.4 is 15.4 Å². The molecule has 2 N–H and O–H groups in total. The second-order valence-corrected chi connectivity index (χ2v) is 4.76. The number of amides is 2. The van der Waals surface area contributed by atoms with Crippen molar-refractivity contribution < 1.29 is 14.3 Å². The van der Waals surface area contributed by atoms with Gasteiger partial charge in [-0.3, -0.25) is 9.59 Å². The zero-order valence-electron chi connectivity index (χ0n) is 12.2. The van der Waals surface area contributed by atoms with Gasteiger partial charge >= 0.3 is 0 Å². The third-order valence-electron chi connectivity index (χ3n) is 2.86. The van der Waals surface area contributed by atoms with Gasteiger partial charge < -0.3 is 15.4 Å². The number of carbonyl (C=O) groups excluding carboxylic acids is 2. The lowest BCUT2D eigenvalue weighted by Crippen LogP contribution is -2.41. The van der Waals surface area contributed by atoms with Crippen LogP contribution in [0.4, 0.5) is 0 Å². The fraction of sp³-hybridized carbons (Fsp3) is 0.467. The van der Waals surface area contributed by atoms with Crippen molar-refractivity contribution in [1.29, 1.82) is 0 Å². The Morgan fingerprint density at radius 2 is 1.85 bits per heavy atom. The third kappa shape index (κ3) is 6.22. The normalized spacial score (nSPS) is 11.6. The van der Waals surface area contributed by atoms with E-state index in [4.69, 9.17) is 4.74 Å². The summed E-state index contributed by atoms with van der Waals surface area (Å²) in [5, 5.41) is 5.29. The molecule has 5 heteroatoms. The van der Waals surface area contributed by atoms with Gasteiger partial charge in [-0.1, -0.05) is 24.6 Å². The van der Waals surface area contributed by atoms with Gasteiger partial charge in [0.05, 0.1) is 6.54 Å². The summed E-state index contributed by atoms with van der Waals surface area (Å²) in [7, 11) is 0. The van der Waals surface area contributed by atoms with Crippen LogP contribution in [0.25, 0.3) is 0 Å². The van der Waals surface area contributed by atoms with Crippen molar-refractivity contribution in [2.45, 2.75) is 33.2 Å². The standard InChI is InChI=1S/C15H22N2O3/c1-4-12(3)17-14(18)9-16-15(19)10-20-13-7-5-11(2)6-8-13/h5-8,12H,4,9-10H2,1-3H3,(H,16,19)(H,17,18). The molecule has 0 saturated heterocycles. The maximum absolute atomic E-state index is 11.5. The number of rotatable bonds is 7. The molecule has 1 atom stereocenters. The lowest BCUT2D eigenvalue weighted by Gasteiger charge is -2.12.